The van der Waals surface area contributed by atoms with Gasteiger partial charge in [0.25, 0.3) is 11.6 Å². The van der Waals surface area contributed by atoms with E-state index in [0.717, 1.165) is 28.9 Å². The third-order valence-electron chi connectivity index (χ3n) is 5.92. The molecule has 0 saturated heterocycles. The molecule has 0 bridgehead atoms. The summed E-state index contributed by atoms with van der Waals surface area (Å²) in [4.78, 5) is 25.8. The molecule has 4 rings (SSSR count). The van der Waals surface area contributed by atoms with Gasteiger partial charge in [-0.25, -0.2) is 0 Å². The van der Waals surface area contributed by atoms with Gasteiger partial charge in [-0.1, -0.05) is 36.4 Å². The molecule has 1 amide bonds. The SMILES string of the molecule is Cc1ccccc1N[C@H]1C[C@@H](C)N(C(=O)c2ccc([N+](=O)[O-])cc2)c2c(C)cccc21. The molecular weight excluding hydrogens is 390 g/mol. The van der Waals surface area contributed by atoms with Gasteiger partial charge in [-0.05, 0) is 62.1 Å². The van der Waals surface area contributed by atoms with E-state index in [-0.39, 0.29) is 23.7 Å². The molecular formula is C25H25N3O3. The summed E-state index contributed by atoms with van der Waals surface area (Å²) in [6, 6.07) is 20.1. The van der Waals surface area contributed by atoms with Crippen LogP contribution in [0.3, 0.4) is 0 Å². The standard InChI is InChI=1S/C25H25N3O3/c1-16-7-4-5-10-22(16)26-23-15-18(3)27(24-17(2)8-6-9-21(23)24)25(29)19-11-13-20(14-12-19)28(30)31/h4-14,18,23,26H,15H2,1-3H3/t18-,23+/m1/s1. The molecule has 0 spiro atoms. The number of nitro benzene ring substituents is 1. The summed E-state index contributed by atoms with van der Waals surface area (Å²) in [5.41, 5.74) is 5.69. The zero-order valence-corrected chi connectivity index (χ0v) is 17.8. The first-order valence-corrected chi connectivity index (χ1v) is 10.4. The number of amides is 1. The lowest BCUT2D eigenvalue weighted by atomic mass is 9.88. The largest absolute Gasteiger partial charge is 0.378 e. The first kappa shape index (κ1) is 20.6. The summed E-state index contributed by atoms with van der Waals surface area (Å²) in [5.74, 6) is -0.146. The third kappa shape index (κ3) is 3.89. The van der Waals surface area contributed by atoms with Crippen molar-refractivity contribution in [2.45, 2.75) is 39.3 Å². The second kappa shape index (κ2) is 8.22. The average Bonchev–Trinajstić information content (AvgIpc) is 2.75. The highest BCUT2D eigenvalue weighted by Crippen LogP contribution is 2.42. The van der Waals surface area contributed by atoms with Gasteiger partial charge in [-0.15, -0.1) is 0 Å². The second-order valence-corrected chi connectivity index (χ2v) is 8.09. The van der Waals surface area contributed by atoms with Crippen LogP contribution in [0, 0.1) is 24.0 Å². The Labute approximate surface area is 181 Å². The number of non-ortho nitro benzene ring substituents is 1. The number of nitrogens with one attached hydrogen (secondary N) is 1. The van der Waals surface area contributed by atoms with Gasteiger partial charge in [0.2, 0.25) is 0 Å². The minimum absolute atomic E-state index is 0.0256. The predicted molar refractivity (Wildman–Crippen MR) is 123 cm³/mol. The molecule has 0 aromatic heterocycles. The number of nitrogens with zero attached hydrogens (tertiary/aromatic N) is 2. The van der Waals surface area contributed by atoms with Gasteiger partial charge in [0.05, 0.1) is 16.7 Å². The molecule has 0 radical (unpaired) electrons. The fourth-order valence-corrected chi connectivity index (χ4v) is 4.31. The van der Waals surface area contributed by atoms with Gasteiger partial charge < -0.3 is 10.2 Å². The molecule has 3 aromatic carbocycles. The van der Waals surface area contributed by atoms with Crippen molar-refractivity contribution in [3.05, 3.63) is 99.1 Å². The van der Waals surface area contributed by atoms with E-state index in [0.29, 0.717) is 5.56 Å². The van der Waals surface area contributed by atoms with Crippen LogP contribution in [0.15, 0.2) is 66.7 Å². The Morgan fingerprint density at radius 1 is 1.00 bits per heavy atom. The maximum atomic E-state index is 13.5. The number of benzene rings is 3. The van der Waals surface area contributed by atoms with Crippen molar-refractivity contribution < 1.29 is 9.72 Å². The van der Waals surface area contributed by atoms with Crippen LogP contribution >= 0.6 is 0 Å². The lowest BCUT2D eigenvalue weighted by Crippen LogP contribution is -2.44. The van der Waals surface area contributed by atoms with E-state index < -0.39 is 4.92 Å². The molecule has 0 saturated carbocycles. The minimum atomic E-state index is -0.459. The van der Waals surface area contributed by atoms with Crippen LogP contribution in [-0.4, -0.2) is 16.9 Å². The van der Waals surface area contributed by atoms with Crippen molar-refractivity contribution >= 4 is 23.0 Å². The Morgan fingerprint density at radius 2 is 1.68 bits per heavy atom. The van der Waals surface area contributed by atoms with Crippen molar-refractivity contribution in [1.29, 1.82) is 0 Å². The van der Waals surface area contributed by atoms with Crippen LogP contribution < -0.4 is 10.2 Å². The quantitative estimate of drug-likeness (QED) is 0.431. The van der Waals surface area contributed by atoms with E-state index in [4.69, 9.17) is 0 Å². The molecule has 6 heteroatoms. The molecule has 3 aromatic rings. The van der Waals surface area contributed by atoms with Crippen molar-refractivity contribution in [2.24, 2.45) is 0 Å². The van der Waals surface area contributed by atoms with E-state index in [1.165, 1.54) is 29.8 Å². The van der Waals surface area contributed by atoms with Gasteiger partial charge in [-0.2, -0.15) is 0 Å². The summed E-state index contributed by atoms with van der Waals surface area (Å²) in [7, 11) is 0. The second-order valence-electron chi connectivity index (χ2n) is 8.09. The van der Waals surface area contributed by atoms with Gasteiger partial charge >= 0.3 is 0 Å². The van der Waals surface area contributed by atoms with E-state index in [9.17, 15) is 14.9 Å². The summed E-state index contributed by atoms with van der Waals surface area (Å²) in [5, 5.41) is 14.6. The molecule has 2 atom stereocenters. The molecule has 1 aliphatic rings. The van der Waals surface area contributed by atoms with Crippen LogP contribution in [0.1, 0.15) is 46.4 Å². The molecule has 158 valence electrons. The zero-order valence-electron chi connectivity index (χ0n) is 17.8. The van der Waals surface area contributed by atoms with Gasteiger partial charge in [-0.3, -0.25) is 14.9 Å². The molecule has 0 unspecified atom stereocenters. The van der Waals surface area contributed by atoms with Crippen LogP contribution in [0.25, 0.3) is 0 Å². The molecule has 0 aliphatic carbocycles. The molecule has 0 fully saturated rings. The number of rotatable bonds is 4. The van der Waals surface area contributed by atoms with Crippen LogP contribution in [0.5, 0.6) is 0 Å². The summed E-state index contributed by atoms with van der Waals surface area (Å²) < 4.78 is 0. The average molecular weight is 415 g/mol. The minimum Gasteiger partial charge on any atom is -0.378 e. The fourth-order valence-electron chi connectivity index (χ4n) is 4.31. The monoisotopic (exact) mass is 415 g/mol. The van der Waals surface area contributed by atoms with Crippen LogP contribution in [0.4, 0.5) is 17.1 Å². The lowest BCUT2D eigenvalue weighted by molar-refractivity contribution is -0.384. The summed E-state index contributed by atoms with van der Waals surface area (Å²) >= 11 is 0. The number of aryl methyl sites for hydroxylation is 2. The number of para-hydroxylation sites is 2. The zero-order chi connectivity index (χ0) is 22.1. The Kier molecular flexibility index (Phi) is 5.46. The van der Waals surface area contributed by atoms with E-state index in [1.54, 1.807) is 0 Å². The highest BCUT2D eigenvalue weighted by atomic mass is 16.6. The summed E-state index contributed by atoms with van der Waals surface area (Å²) in [6.45, 7) is 6.14. The highest BCUT2D eigenvalue weighted by Gasteiger charge is 2.35. The van der Waals surface area contributed by atoms with E-state index in [1.807, 2.05) is 43.0 Å². The number of fused-ring (bicyclic) bond motifs is 1. The molecule has 1 heterocycles. The van der Waals surface area contributed by atoms with Crippen molar-refractivity contribution in [2.75, 3.05) is 10.2 Å². The third-order valence-corrected chi connectivity index (χ3v) is 5.92. The number of anilines is 2. The van der Waals surface area contributed by atoms with Crippen LogP contribution in [0.2, 0.25) is 0 Å². The first-order chi connectivity index (χ1) is 14.9. The number of carbonyl (C=O) groups is 1. The van der Waals surface area contributed by atoms with E-state index >= 15 is 0 Å². The van der Waals surface area contributed by atoms with E-state index in [2.05, 4.69) is 30.4 Å². The molecule has 1 N–H and O–H groups in total. The Hall–Kier alpha value is -3.67. The predicted octanol–water partition coefficient (Wildman–Crippen LogP) is 5.80. The van der Waals surface area contributed by atoms with Crippen molar-refractivity contribution in [3.63, 3.8) is 0 Å². The van der Waals surface area contributed by atoms with Gasteiger partial charge in [0, 0.05) is 29.4 Å². The first-order valence-electron chi connectivity index (χ1n) is 10.4. The maximum absolute atomic E-state index is 13.5. The van der Waals surface area contributed by atoms with Crippen LogP contribution in [-0.2, 0) is 0 Å². The maximum Gasteiger partial charge on any atom is 0.269 e. The Bertz CT molecular complexity index is 1140. The Balaban J connectivity index is 1.72. The number of hydrogen-bond donors (Lipinski definition) is 1. The smallest absolute Gasteiger partial charge is 0.269 e. The number of hydrogen-bond acceptors (Lipinski definition) is 4. The van der Waals surface area contributed by atoms with Gasteiger partial charge in [0.15, 0.2) is 0 Å². The number of carbonyl (C=O) groups excluding carboxylic acids is 1. The summed E-state index contributed by atoms with van der Waals surface area (Å²) in [6.07, 6.45) is 0.753. The highest BCUT2D eigenvalue weighted by molar-refractivity contribution is 6.07. The number of nitro groups is 1. The topological polar surface area (TPSA) is 75.5 Å². The Morgan fingerprint density at radius 3 is 2.35 bits per heavy atom. The van der Waals surface area contributed by atoms with Gasteiger partial charge in [0.1, 0.15) is 0 Å². The van der Waals surface area contributed by atoms with Crippen molar-refractivity contribution in [3.8, 4) is 0 Å². The van der Waals surface area contributed by atoms with Crippen molar-refractivity contribution in [1.82, 2.24) is 0 Å². The normalized spacial score (nSPS) is 17.7. The molecule has 1 aliphatic heterocycles. The lowest BCUT2D eigenvalue weighted by Gasteiger charge is -2.41. The fraction of sp³-hybridized carbons (Fsp3) is 0.240. The molecule has 6 nitrogen and oxygen atoms in total. The molecule has 31 heavy (non-hydrogen) atoms.